The Balaban J connectivity index is 1.82. The monoisotopic (exact) mass is 324 g/mol. The number of aryl methyl sites for hydroxylation is 4. The van der Waals surface area contributed by atoms with Gasteiger partial charge in [-0.3, -0.25) is 9.89 Å². The normalized spacial score (nSPS) is 12.5. The SMILES string of the molecule is Cc1cc(CC(C)NC(=O)c2[nH]c3c(C)ccc(C)c3c2C)n[nH]1. The molecule has 0 saturated heterocycles. The molecular weight excluding hydrogens is 300 g/mol. The van der Waals surface area contributed by atoms with Gasteiger partial charge in [0.2, 0.25) is 0 Å². The Bertz CT molecular complexity index is 904. The van der Waals surface area contributed by atoms with Gasteiger partial charge in [0, 0.05) is 29.1 Å². The molecular formula is C19H24N4O. The molecule has 126 valence electrons. The minimum Gasteiger partial charge on any atom is -0.350 e. The van der Waals surface area contributed by atoms with Crippen molar-refractivity contribution in [1.29, 1.82) is 0 Å². The summed E-state index contributed by atoms with van der Waals surface area (Å²) in [6.07, 6.45) is 0.702. The van der Waals surface area contributed by atoms with Crippen molar-refractivity contribution >= 4 is 16.8 Å². The molecule has 1 aromatic carbocycles. The van der Waals surface area contributed by atoms with E-state index in [2.05, 4.69) is 46.5 Å². The average Bonchev–Trinajstić information content (AvgIpc) is 3.07. The second-order valence-electron chi connectivity index (χ2n) is 6.70. The van der Waals surface area contributed by atoms with Crippen LogP contribution >= 0.6 is 0 Å². The highest BCUT2D eigenvalue weighted by Gasteiger charge is 2.19. The third-order valence-corrected chi connectivity index (χ3v) is 4.50. The molecule has 3 rings (SSSR count). The number of nitrogens with zero attached hydrogens (tertiary/aromatic N) is 1. The molecule has 0 bridgehead atoms. The highest BCUT2D eigenvalue weighted by molar-refractivity contribution is 6.02. The molecule has 0 aliphatic rings. The van der Waals surface area contributed by atoms with Crippen molar-refractivity contribution in [1.82, 2.24) is 20.5 Å². The van der Waals surface area contributed by atoms with Crippen molar-refractivity contribution in [3.63, 3.8) is 0 Å². The summed E-state index contributed by atoms with van der Waals surface area (Å²) in [5, 5.41) is 11.4. The molecule has 2 heterocycles. The minimum atomic E-state index is -0.0674. The zero-order chi connectivity index (χ0) is 17.4. The number of fused-ring (bicyclic) bond motifs is 1. The Kier molecular flexibility index (Phi) is 4.18. The first-order chi connectivity index (χ1) is 11.4. The number of hydrogen-bond acceptors (Lipinski definition) is 2. The Morgan fingerprint density at radius 1 is 1.21 bits per heavy atom. The van der Waals surface area contributed by atoms with E-state index < -0.39 is 0 Å². The number of nitrogens with one attached hydrogen (secondary N) is 3. The van der Waals surface area contributed by atoms with Crippen molar-refractivity contribution in [2.75, 3.05) is 0 Å². The summed E-state index contributed by atoms with van der Waals surface area (Å²) < 4.78 is 0. The van der Waals surface area contributed by atoms with Crippen molar-refractivity contribution in [2.45, 2.75) is 47.1 Å². The van der Waals surface area contributed by atoms with Crippen LogP contribution in [0.4, 0.5) is 0 Å². The Hall–Kier alpha value is -2.56. The summed E-state index contributed by atoms with van der Waals surface area (Å²) in [7, 11) is 0. The van der Waals surface area contributed by atoms with Gasteiger partial charge >= 0.3 is 0 Å². The summed E-state index contributed by atoms with van der Waals surface area (Å²) in [6, 6.07) is 6.19. The van der Waals surface area contributed by atoms with E-state index in [0.29, 0.717) is 12.1 Å². The molecule has 0 fully saturated rings. The van der Waals surface area contributed by atoms with Gasteiger partial charge in [0.1, 0.15) is 5.69 Å². The fraction of sp³-hybridized carbons (Fsp3) is 0.368. The van der Waals surface area contributed by atoms with Crippen LogP contribution in [0.5, 0.6) is 0 Å². The van der Waals surface area contributed by atoms with Crippen LogP contribution in [0, 0.1) is 27.7 Å². The van der Waals surface area contributed by atoms with Gasteiger partial charge in [0.05, 0.1) is 5.69 Å². The molecule has 0 spiro atoms. The van der Waals surface area contributed by atoms with E-state index in [1.165, 1.54) is 5.56 Å². The van der Waals surface area contributed by atoms with Gasteiger partial charge in [-0.25, -0.2) is 0 Å². The van der Waals surface area contributed by atoms with Crippen LogP contribution in [0.3, 0.4) is 0 Å². The molecule has 3 aromatic rings. The molecule has 1 atom stereocenters. The van der Waals surface area contributed by atoms with E-state index in [9.17, 15) is 4.79 Å². The summed E-state index contributed by atoms with van der Waals surface area (Å²) in [4.78, 5) is 16.0. The summed E-state index contributed by atoms with van der Waals surface area (Å²) in [5.74, 6) is -0.0674. The number of amides is 1. The fourth-order valence-corrected chi connectivity index (χ4v) is 3.27. The summed E-state index contributed by atoms with van der Waals surface area (Å²) >= 11 is 0. The summed E-state index contributed by atoms with van der Waals surface area (Å²) in [5.41, 5.74) is 7.02. The minimum absolute atomic E-state index is 0.00760. The molecule has 0 saturated carbocycles. The zero-order valence-electron chi connectivity index (χ0n) is 14.9. The van der Waals surface area contributed by atoms with Crippen molar-refractivity contribution < 1.29 is 4.79 Å². The van der Waals surface area contributed by atoms with Crippen LogP contribution in [0.15, 0.2) is 18.2 Å². The number of carbonyl (C=O) groups excluding carboxylic acids is 1. The third-order valence-electron chi connectivity index (χ3n) is 4.50. The van der Waals surface area contributed by atoms with Crippen LogP contribution in [0.2, 0.25) is 0 Å². The van der Waals surface area contributed by atoms with Crippen LogP contribution < -0.4 is 5.32 Å². The van der Waals surface area contributed by atoms with E-state index >= 15 is 0 Å². The maximum Gasteiger partial charge on any atom is 0.268 e. The lowest BCUT2D eigenvalue weighted by atomic mass is 10.0. The lowest BCUT2D eigenvalue weighted by molar-refractivity contribution is 0.0935. The molecule has 5 nitrogen and oxygen atoms in total. The lowest BCUT2D eigenvalue weighted by Crippen LogP contribution is -2.34. The van der Waals surface area contributed by atoms with E-state index in [4.69, 9.17) is 0 Å². The van der Waals surface area contributed by atoms with Gasteiger partial charge in [0.25, 0.3) is 5.91 Å². The van der Waals surface area contributed by atoms with Gasteiger partial charge in [-0.05, 0) is 57.4 Å². The number of rotatable bonds is 4. The molecule has 2 aromatic heterocycles. The predicted octanol–water partition coefficient (Wildman–Crippen LogP) is 3.49. The van der Waals surface area contributed by atoms with Crippen LogP contribution in [0.25, 0.3) is 10.9 Å². The molecule has 0 aliphatic heterocycles. The highest BCUT2D eigenvalue weighted by Crippen LogP contribution is 2.27. The molecule has 3 N–H and O–H groups in total. The van der Waals surface area contributed by atoms with Gasteiger partial charge < -0.3 is 10.3 Å². The summed E-state index contributed by atoms with van der Waals surface area (Å²) in [6.45, 7) is 10.1. The second-order valence-corrected chi connectivity index (χ2v) is 6.70. The van der Waals surface area contributed by atoms with Gasteiger partial charge in [0.15, 0.2) is 0 Å². The largest absolute Gasteiger partial charge is 0.350 e. The van der Waals surface area contributed by atoms with E-state index in [1.807, 2.05) is 26.8 Å². The maximum absolute atomic E-state index is 12.7. The Morgan fingerprint density at radius 2 is 1.92 bits per heavy atom. The second kappa shape index (κ2) is 6.15. The number of aromatic amines is 2. The van der Waals surface area contributed by atoms with Gasteiger partial charge in [-0.1, -0.05) is 12.1 Å². The number of H-pyrrole nitrogens is 2. The van der Waals surface area contributed by atoms with Crippen LogP contribution in [-0.4, -0.2) is 27.1 Å². The fourth-order valence-electron chi connectivity index (χ4n) is 3.27. The van der Waals surface area contributed by atoms with Crippen molar-refractivity contribution in [2.24, 2.45) is 0 Å². The first-order valence-corrected chi connectivity index (χ1v) is 8.27. The first kappa shape index (κ1) is 16.3. The first-order valence-electron chi connectivity index (χ1n) is 8.27. The molecule has 1 amide bonds. The molecule has 0 radical (unpaired) electrons. The van der Waals surface area contributed by atoms with Gasteiger partial charge in [-0.15, -0.1) is 0 Å². The number of aromatic nitrogens is 3. The smallest absolute Gasteiger partial charge is 0.268 e. The van der Waals surface area contributed by atoms with Crippen molar-refractivity contribution in [3.05, 3.63) is 52.0 Å². The number of hydrogen-bond donors (Lipinski definition) is 3. The number of benzene rings is 1. The van der Waals surface area contributed by atoms with Crippen LogP contribution in [0.1, 0.15) is 45.5 Å². The predicted molar refractivity (Wildman–Crippen MR) is 96.5 cm³/mol. The molecule has 5 heteroatoms. The van der Waals surface area contributed by atoms with E-state index in [-0.39, 0.29) is 11.9 Å². The van der Waals surface area contributed by atoms with E-state index in [0.717, 1.165) is 33.4 Å². The zero-order valence-corrected chi connectivity index (χ0v) is 14.9. The van der Waals surface area contributed by atoms with Gasteiger partial charge in [-0.2, -0.15) is 5.10 Å². The standard InChI is InChI=1S/C19H24N4O/c1-10-6-7-11(2)17-16(10)14(5)18(21-17)19(24)20-12(3)8-15-9-13(4)22-23-15/h6-7,9,12,21H,8H2,1-5H3,(H,20,24)(H,22,23). The van der Waals surface area contributed by atoms with E-state index in [1.54, 1.807) is 0 Å². The Morgan fingerprint density at radius 3 is 2.54 bits per heavy atom. The van der Waals surface area contributed by atoms with Crippen LogP contribution in [-0.2, 0) is 6.42 Å². The highest BCUT2D eigenvalue weighted by atomic mass is 16.1. The third kappa shape index (κ3) is 2.94. The van der Waals surface area contributed by atoms with Crippen molar-refractivity contribution in [3.8, 4) is 0 Å². The molecule has 24 heavy (non-hydrogen) atoms. The molecule has 0 aliphatic carbocycles. The molecule has 1 unspecified atom stereocenters. The topological polar surface area (TPSA) is 73.6 Å². The Labute approximate surface area is 141 Å². The lowest BCUT2D eigenvalue weighted by Gasteiger charge is -2.12. The average molecular weight is 324 g/mol. The quantitative estimate of drug-likeness (QED) is 0.687. The maximum atomic E-state index is 12.7. The number of carbonyl (C=O) groups is 1.